The van der Waals surface area contributed by atoms with E-state index in [1.54, 1.807) is 6.07 Å². The van der Waals surface area contributed by atoms with Crippen LogP contribution in [0.2, 0.25) is 0 Å². The summed E-state index contributed by atoms with van der Waals surface area (Å²) in [6.45, 7) is 5.31. The Morgan fingerprint density at radius 2 is 2.19 bits per heavy atom. The van der Waals surface area contributed by atoms with Crippen molar-refractivity contribution >= 4 is 11.4 Å². The molecule has 1 aromatic rings. The molecule has 0 radical (unpaired) electrons. The van der Waals surface area contributed by atoms with Crippen molar-refractivity contribution in [3.05, 3.63) is 17.9 Å². The van der Waals surface area contributed by atoms with Crippen LogP contribution in [0.15, 0.2) is 12.1 Å². The molecule has 1 atom stereocenters. The molecule has 1 aliphatic heterocycles. The Labute approximate surface area is 126 Å². The van der Waals surface area contributed by atoms with E-state index in [1.165, 1.54) is 12.5 Å². The fourth-order valence-electron chi connectivity index (χ4n) is 2.59. The molecule has 0 aliphatic carbocycles. The monoisotopic (exact) mass is 296 g/mol. The molecule has 21 heavy (non-hydrogen) atoms. The molecule has 1 unspecified atom stereocenters. The molecular weight excluding hydrogens is 271 g/mol. The fraction of sp³-hybridized carbons (Fsp3) is 0.625. The Bertz CT molecular complexity index is 474. The molecule has 4 nitrogen and oxygen atoms in total. The van der Waals surface area contributed by atoms with Gasteiger partial charge in [-0.05, 0) is 33.1 Å². The molecule has 0 amide bonds. The van der Waals surface area contributed by atoms with Gasteiger partial charge in [0.15, 0.2) is 11.6 Å². The normalized spacial score (nSPS) is 18.8. The number of hydrogen-bond donors (Lipinski definition) is 1. The van der Waals surface area contributed by atoms with Gasteiger partial charge in [0.05, 0.1) is 23.6 Å². The molecule has 1 heterocycles. The number of rotatable bonds is 5. The fourth-order valence-corrected chi connectivity index (χ4v) is 2.59. The van der Waals surface area contributed by atoms with Crippen molar-refractivity contribution in [2.75, 3.05) is 30.8 Å². The van der Waals surface area contributed by atoms with E-state index >= 15 is 0 Å². The summed E-state index contributed by atoms with van der Waals surface area (Å²) < 4.78 is 25.1. The lowest BCUT2D eigenvalue weighted by Crippen LogP contribution is -2.33. The van der Waals surface area contributed by atoms with Crippen LogP contribution < -0.4 is 15.4 Å². The molecule has 1 aliphatic rings. The molecule has 118 valence electrons. The Morgan fingerprint density at radius 1 is 1.43 bits per heavy atom. The number of nitrogens with two attached hydrogens (primary N) is 1. The maximum Gasteiger partial charge on any atom is 0.167 e. The average molecular weight is 296 g/mol. The van der Waals surface area contributed by atoms with Gasteiger partial charge in [-0.2, -0.15) is 0 Å². The van der Waals surface area contributed by atoms with Gasteiger partial charge < -0.3 is 20.1 Å². The number of nitrogen functional groups attached to an aromatic ring is 1. The number of nitrogens with zero attached hydrogens (tertiary/aromatic N) is 1. The Balaban J connectivity index is 2.13. The van der Waals surface area contributed by atoms with Crippen molar-refractivity contribution in [3.8, 4) is 5.75 Å². The molecule has 0 saturated carbocycles. The van der Waals surface area contributed by atoms with Gasteiger partial charge in [-0.25, -0.2) is 4.39 Å². The van der Waals surface area contributed by atoms with E-state index in [0.29, 0.717) is 5.69 Å². The van der Waals surface area contributed by atoms with Gasteiger partial charge in [-0.3, -0.25) is 0 Å². The van der Waals surface area contributed by atoms with E-state index in [1.807, 2.05) is 25.8 Å². The molecular formula is C16H25FN2O2. The first-order valence-corrected chi connectivity index (χ1v) is 7.55. The maximum absolute atomic E-state index is 13.9. The van der Waals surface area contributed by atoms with Crippen molar-refractivity contribution < 1.29 is 13.9 Å². The van der Waals surface area contributed by atoms with Crippen LogP contribution >= 0.6 is 0 Å². The Hall–Kier alpha value is -1.49. The predicted molar refractivity (Wildman–Crippen MR) is 83.4 cm³/mol. The van der Waals surface area contributed by atoms with Crippen LogP contribution in [-0.2, 0) is 4.74 Å². The first-order valence-electron chi connectivity index (χ1n) is 7.55. The van der Waals surface area contributed by atoms with Crippen LogP contribution in [0.4, 0.5) is 15.8 Å². The number of ether oxygens (including phenoxy) is 2. The van der Waals surface area contributed by atoms with Crippen molar-refractivity contribution in [3.63, 3.8) is 0 Å². The van der Waals surface area contributed by atoms with Gasteiger partial charge in [-0.15, -0.1) is 0 Å². The minimum atomic E-state index is -0.424. The summed E-state index contributed by atoms with van der Waals surface area (Å²) in [6.07, 6.45) is 3.51. The molecule has 1 saturated heterocycles. The highest BCUT2D eigenvalue weighted by atomic mass is 19.1. The van der Waals surface area contributed by atoms with Gasteiger partial charge in [0.2, 0.25) is 0 Å². The second-order valence-electron chi connectivity index (χ2n) is 5.88. The summed E-state index contributed by atoms with van der Waals surface area (Å²) in [5, 5.41) is 0. The van der Waals surface area contributed by atoms with Crippen LogP contribution in [-0.4, -0.2) is 32.4 Å². The van der Waals surface area contributed by atoms with Gasteiger partial charge in [0.25, 0.3) is 0 Å². The second kappa shape index (κ2) is 6.98. The smallest absolute Gasteiger partial charge is 0.167 e. The molecule has 5 heteroatoms. The summed E-state index contributed by atoms with van der Waals surface area (Å²) in [5.41, 5.74) is 7.15. The van der Waals surface area contributed by atoms with Gasteiger partial charge in [0, 0.05) is 32.3 Å². The third-order valence-electron chi connectivity index (χ3n) is 3.61. The van der Waals surface area contributed by atoms with E-state index in [0.717, 1.165) is 31.7 Å². The van der Waals surface area contributed by atoms with Crippen molar-refractivity contribution in [2.24, 2.45) is 0 Å². The first kappa shape index (κ1) is 15.9. The number of hydrogen-bond acceptors (Lipinski definition) is 4. The Morgan fingerprint density at radius 3 is 2.81 bits per heavy atom. The van der Waals surface area contributed by atoms with Crippen LogP contribution in [0.3, 0.4) is 0 Å². The summed E-state index contributed by atoms with van der Waals surface area (Å²) >= 11 is 0. The van der Waals surface area contributed by atoms with E-state index < -0.39 is 5.82 Å². The number of halogens is 1. The highest BCUT2D eigenvalue weighted by Gasteiger charge is 2.19. The van der Waals surface area contributed by atoms with E-state index in [2.05, 4.69) is 0 Å². The van der Waals surface area contributed by atoms with Crippen molar-refractivity contribution in [1.82, 2.24) is 0 Å². The van der Waals surface area contributed by atoms with Crippen molar-refractivity contribution in [1.29, 1.82) is 0 Å². The predicted octanol–water partition coefficient (Wildman–Crippen LogP) is 3.20. The average Bonchev–Trinajstić information content (AvgIpc) is 2.42. The lowest BCUT2D eigenvalue weighted by atomic mass is 10.1. The topological polar surface area (TPSA) is 47.7 Å². The van der Waals surface area contributed by atoms with Crippen molar-refractivity contribution in [2.45, 2.75) is 45.3 Å². The van der Waals surface area contributed by atoms with E-state index in [9.17, 15) is 4.39 Å². The quantitative estimate of drug-likeness (QED) is 0.848. The summed E-state index contributed by atoms with van der Waals surface area (Å²) in [4.78, 5) is 2.01. The maximum atomic E-state index is 13.9. The highest BCUT2D eigenvalue weighted by Crippen LogP contribution is 2.31. The van der Waals surface area contributed by atoms with E-state index in [-0.39, 0.29) is 18.0 Å². The molecule has 2 rings (SSSR count). The van der Waals surface area contributed by atoms with Crippen LogP contribution in [0.5, 0.6) is 5.75 Å². The SMILES string of the molecule is CC(C)Oc1cc(N(C)CC2CCCCO2)c(N)cc1F. The standard InChI is InChI=1S/C16H25FN2O2/c1-11(2)21-16-9-15(14(18)8-13(16)17)19(3)10-12-6-4-5-7-20-12/h8-9,11-12H,4-7,10,18H2,1-3H3. The van der Waals surface area contributed by atoms with Crippen LogP contribution in [0.25, 0.3) is 0 Å². The highest BCUT2D eigenvalue weighted by molar-refractivity contribution is 5.69. The summed E-state index contributed by atoms with van der Waals surface area (Å²) in [7, 11) is 1.95. The first-order chi connectivity index (χ1) is 9.97. The van der Waals surface area contributed by atoms with Gasteiger partial charge in [0.1, 0.15) is 0 Å². The third-order valence-corrected chi connectivity index (χ3v) is 3.61. The van der Waals surface area contributed by atoms with Crippen LogP contribution in [0, 0.1) is 5.82 Å². The lowest BCUT2D eigenvalue weighted by Gasteiger charge is -2.29. The number of likely N-dealkylation sites (N-methyl/N-ethyl adjacent to an activating group) is 1. The zero-order valence-electron chi connectivity index (χ0n) is 13.1. The number of benzene rings is 1. The molecule has 1 aromatic carbocycles. The minimum absolute atomic E-state index is 0.0806. The molecule has 0 aromatic heterocycles. The zero-order valence-corrected chi connectivity index (χ0v) is 13.1. The summed E-state index contributed by atoms with van der Waals surface area (Å²) in [5.74, 6) is -0.183. The molecule has 2 N–H and O–H groups in total. The molecule has 0 spiro atoms. The lowest BCUT2D eigenvalue weighted by molar-refractivity contribution is 0.0216. The Kier molecular flexibility index (Phi) is 5.28. The van der Waals surface area contributed by atoms with E-state index in [4.69, 9.17) is 15.2 Å². The second-order valence-corrected chi connectivity index (χ2v) is 5.88. The third kappa shape index (κ3) is 4.24. The largest absolute Gasteiger partial charge is 0.488 e. The molecule has 1 fully saturated rings. The van der Waals surface area contributed by atoms with Gasteiger partial charge in [-0.1, -0.05) is 0 Å². The van der Waals surface area contributed by atoms with Crippen LogP contribution in [0.1, 0.15) is 33.1 Å². The summed E-state index contributed by atoms with van der Waals surface area (Å²) in [6, 6.07) is 3.00. The zero-order chi connectivity index (χ0) is 15.4. The molecule has 0 bridgehead atoms. The number of anilines is 2. The minimum Gasteiger partial charge on any atom is -0.488 e. The van der Waals surface area contributed by atoms with Gasteiger partial charge >= 0.3 is 0 Å².